The van der Waals surface area contributed by atoms with Gasteiger partial charge in [-0.05, 0) is 39.2 Å². The summed E-state index contributed by atoms with van der Waals surface area (Å²) in [5.74, 6) is 1.40. The number of hydrogen-bond donors (Lipinski definition) is 1. The maximum Gasteiger partial charge on any atom is 0.236 e. The summed E-state index contributed by atoms with van der Waals surface area (Å²) in [5.41, 5.74) is 0.882. The van der Waals surface area contributed by atoms with Crippen LogP contribution >= 0.6 is 11.8 Å². The number of hydrogen-bond acceptors (Lipinski definition) is 6. The summed E-state index contributed by atoms with van der Waals surface area (Å²) in [6, 6.07) is 5.57. The molecule has 1 aliphatic heterocycles. The van der Waals surface area contributed by atoms with E-state index in [4.69, 9.17) is 9.47 Å². The Labute approximate surface area is 165 Å². The molecule has 7 nitrogen and oxygen atoms in total. The quantitative estimate of drug-likeness (QED) is 0.687. The molecule has 0 saturated carbocycles. The van der Waals surface area contributed by atoms with Crippen LogP contribution in [-0.4, -0.2) is 74.8 Å². The lowest BCUT2D eigenvalue weighted by Gasteiger charge is -2.25. The maximum atomic E-state index is 12.7. The number of likely N-dealkylation sites (N-methyl/N-ethyl adjacent to an activating group) is 1. The molecular formula is C19H29N3O4S. The van der Waals surface area contributed by atoms with Crippen molar-refractivity contribution >= 4 is 23.6 Å². The van der Waals surface area contributed by atoms with E-state index >= 15 is 0 Å². The predicted octanol–water partition coefficient (Wildman–Crippen LogP) is 1.73. The number of ether oxygens (including phenoxy) is 2. The summed E-state index contributed by atoms with van der Waals surface area (Å²) in [6.07, 6.45) is 0.273. The van der Waals surface area contributed by atoms with Crippen LogP contribution in [0.4, 0.5) is 0 Å². The Kier molecular flexibility index (Phi) is 7.79. The van der Waals surface area contributed by atoms with Crippen molar-refractivity contribution in [2.75, 3.05) is 47.9 Å². The van der Waals surface area contributed by atoms with Crippen molar-refractivity contribution in [3.63, 3.8) is 0 Å². The van der Waals surface area contributed by atoms with Gasteiger partial charge in [-0.2, -0.15) is 0 Å². The first kappa shape index (κ1) is 21.4. The number of benzene rings is 1. The molecule has 1 fully saturated rings. The van der Waals surface area contributed by atoms with Crippen molar-refractivity contribution in [2.45, 2.75) is 24.0 Å². The summed E-state index contributed by atoms with van der Waals surface area (Å²) in [6.45, 7) is 3.64. The molecule has 1 aliphatic rings. The lowest BCUT2D eigenvalue weighted by atomic mass is 10.1. The second kappa shape index (κ2) is 9.85. The minimum Gasteiger partial charge on any atom is -0.497 e. The molecule has 1 aromatic rings. The molecule has 1 aromatic carbocycles. The van der Waals surface area contributed by atoms with Gasteiger partial charge in [-0.25, -0.2) is 0 Å². The predicted molar refractivity (Wildman–Crippen MR) is 107 cm³/mol. The van der Waals surface area contributed by atoms with Gasteiger partial charge in [-0.1, -0.05) is 0 Å². The van der Waals surface area contributed by atoms with Crippen LogP contribution in [0, 0.1) is 0 Å². The van der Waals surface area contributed by atoms with E-state index in [-0.39, 0.29) is 28.9 Å². The van der Waals surface area contributed by atoms with Crippen LogP contribution in [-0.2, 0) is 9.59 Å². The van der Waals surface area contributed by atoms with Crippen molar-refractivity contribution in [1.29, 1.82) is 0 Å². The molecule has 1 N–H and O–H groups in total. The standard InChI is InChI=1S/C19H29N3O4S/c1-13-18(24)22(10-8-17(23)20-9-11-21(2)3)19(27-13)15-12-14(25-4)6-7-16(15)26-5/h6-7,12-13,19H,8-11H2,1-5H3,(H,20,23)/t13-,19-/m0/s1. The van der Waals surface area contributed by atoms with E-state index in [1.54, 1.807) is 30.9 Å². The van der Waals surface area contributed by atoms with E-state index in [1.807, 2.05) is 44.1 Å². The van der Waals surface area contributed by atoms with Crippen LogP contribution in [0.1, 0.15) is 24.3 Å². The van der Waals surface area contributed by atoms with Crippen LogP contribution in [0.15, 0.2) is 18.2 Å². The maximum absolute atomic E-state index is 12.7. The fourth-order valence-electron chi connectivity index (χ4n) is 2.90. The zero-order chi connectivity index (χ0) is 20.0. The van der Waals surface area contributed by atoms with E-state index < -0.39 is 0 Å². The largest absolute Gasteiger partial charge is 0.497 e. The van der Waals surface area contributed by atoms with Gasteiger partial charge in [0.05, 0.1) is 19.5 Å². The molecule has 0 radical (unpaired) electrons. The monoisotopic (exact) mass is 395 g/mol. The Bertz CT molecular complexity index is 668. The Morgan fingerprint density at radius 1 is 1.30 bits per heavy atom. The highest BCUT2D eigenvalue weighted by Gasteiger charge is 2.39. The van der Waals surface area contributed by atoms with Gasteiger partial charge in [0.1, 0.15) is 16.9 Å². The first-order valence-corrected chi connectivity index (χ1v) is 9.91. The number of nitrogens with one attached hydrogen (secondary N) is 1. The molecule has 150 valence electrons. The topological polar surface area (TPSA) is 71.1 Å². The zero-order valence-electron chi connectivity index (χ0n) is 16.7. The number of methoxy groups -OCH3 is 2. The van der Waals surface area contributed by atoms with Crippen LogP contribution in [0.3, 0.4) is 0 Å². The minimum atomic E-state index is -0.202. The summed E-state index contributed by atoms with van der Waals surface area (Å²) in [4.78, 5) is 28.5. The SMILES string of the molecule is COc1ccc(OC)c([C@@H]2S[C@@H](C)C(=O)N2CCC(=O)NCCN(C)C)c1. The molecule has 1 saturated heterocycles. The fourth-order valence-corrected chi connectivity index (χ4v) is 4.23. The molecule has 0 aromatic heterocycles. The van der Waals surface area contributed by atoms with Gasteiger partial charge in [0.15, 0.2) is 0 Å². The molecule has 8 heteroatoms. The van der Waals surface area contributed by atoms with Crippen molar-refractivity contribution in [3.05, 3.63) is 23.8 Å². The van der Waals surface area contributed by atoms with Gasteiger partial charge in [-0.3, -0.25) is 9.59 Å². The van der Waals surface area contributed by atoms with E-state index in [0.717, 1.165) is 12.1 Å². The second-order valence-electron chi connectivity index (χ2n) is 6.67. The van der Waals surface area contributed by atoms with Gasteiger partial charge < -0.3 is 24.6 Å². The summed E-state index contributed by atoms with van der Waals surface area (Å²) in [5, 5.41) is 2.52. The Hall–Kier alpha value is -1.93. The molecule has 2 rings (SSSR count). The lowest BCUT2D eigenvalue weighted by molar-refractivity contribution is -0.130. The second-order valence-corrected chi connectivity index (χ2v) is 8.10. The van der Waals surface area contributed by atoms with Crippen molar-refractivity contribution < 1.29 is 19.1 Å². The number of carbonyl (C=O) groups is 2. The first-order chi connectivity index (χ1) is 12.9. The normalized spacial score (nSPS) is 19.5. The summed E-state index contributed by atoms with van der Waals surface area (Å²) >= 11 is 1.56. The number of thioether (sulfide) groups is 1. The number of carbonyl (C=O) groups excluding carboxylic acids is 2. The highest BCUT2D eigenvalue weighted by atomic mass is 32.2. The third-order valence-corrected chi connectivity index (χ3v) is 5.79. The van der Waals surface area contributed by atoms with Crippen LogP contribution in [0.5, 0.6) is 11.5 Å². The highest BCUT2D eigenvalue weighted by Crippen LogP contribution is 2.46. The smallest absolute Gasteiger partial charge is 0.236 e. The zero-order valence-corrected chi connectivity index (χ0v) is 17.5. The van der Waals surface area contributed by atoms with Gasteiger partial charge in [0, 0.05) is 31.6 Å². The van der Waals surface area contributed by atoms with Crippen molar-refractivity contribution in [3.8, 4) is 11.5 Å². The van der Waals surface area contributed by atoms with Gasteiger partial charge >= 0.3 is 0 Å². The van der Waals surface area contributed by atoms with Crippen molar-refractivity contribution in [1.82, 2.24) is 15.1 Å². The Balaban J connectivity index is 2.10. The molecular weight excluding hydrogens is 366 g/mol. The number of nitrogens with zero attached hydrogens (tertiary/aromatic N) is 2. The molecule has 0 spiro atoms. The minimum absolute atomic E-state index is 0.0379. The molecule has 2 amide bonds. The van der Waals surface area contributed by atoms with E-state index in [0.29, 0.717) is 24.6 Å². The molecule has 0 unspecified atom stereocenters. The van der Waals surface area contributed by atoms with E-state index in [1.165, 1.54) is 0 Å². The average molecular weight is 396 g/mol. The third kappa shape index (κ3) is 5.52. The summed E-state index contributed by atoms with van der Waals surface area (Å²) < 4.78 is 10.8. The molecule has 0 bridgehead atoms. The number of amides is 2. The number of rotatable bonds is 9. The van der Waals surface area contributed by atoms with Gasteiger partial charge in [0.2, 0.25) is 11.8 Å². The van der Waals surface area contributed by atoms with Crippen LogP contribution in [0.25, 0.3) is 0 Å². The van der Waals surface area contributed by atoms with Gasteiger partial charge in [0.25, 0.3) is 0 Å². The highest BCUT2D eigenvalue weighted by molar-refractivity contribution is 8.01. The molecule has 0 aliphatic carbocycles. The van der Waals surface area contributed by atoms with Crippen LogP contribution < -0.4 is 14.8 Å². The van der Waals surface area contributed by atoms with Crippen molar-refractivity contribution in [2.24, 2.45) is 0 Å². The Morgan fingerprint density at radius 2 is 2.04 bits per heavy atom. The molecule has 27 heavy (non-hydrogen) atoms. The van der Waals surface area contributed by atoms with Crippen LogP contribution in [0.2, 0.25) is 0 Å². The van der Waals surface area contributed by atoms with Gasteiger partial charge in [-0.15, -0.1) is 11.8 Å². The van der Waals surface area contributed by atoms with E-state index in [2.05, 4.69) is 5.32 Å². The lowest BCUT2D eigenvalue weighted by Crippen LogP contribution is -2.36. The first-order valence-electron chi connectivity index (χ1n) is 8.96. The Morgan fingerprint density at radius 3 is 2.67 bits per heavy atom. The summed E-state index contributed by atoms with van der Waals surface area (Å²) in [7, 11) is 7.13. The third-order valence-electron chi connectivity index (χ3n) is 4.41. The average Bonchev–Trinajstić information content (AvgIpc) is 2.93. The fraction of sp³-hybridized carbons (Fsp3) is 0.579. The molecule has 2 atom stereocenters. The molecule has 1 heterocycles. The van der Waals surface area contributed by atoms with E-state index in [9.17, 15) is 9.59 Å².